The smallest absolute Gasteiger partial charge is 0.419 e. The zero-order valence-electron chi connectivity index (χ0n) is 10.6. The third-order valence-electron chi connectivity index (χ3n) is 2.62. The Morgan fingerprint density at radius 1 is 1.19 bits per heavy atom. The number of rotatable bonds is 3. The van der Waals surface area contributed by atoms with Crippen molar-refractivity contribution < 1.29 is 27.1 Å². The van der Waals surface area contributed by atoms with Crippen molar-refractivity contribution in [2.24, 2.45) is 0 Å². The monoisotopic (exact) mass is 300 g/mol. The topological polar surface area (TPSA) is 52.1 Å². The number of ether oxygens (including phenoxy) is 1. The lowest BCUT2D eigenvalue weighted by molar-refractivity contribution is -0.140. The normalized spacial score (nSPS) is 11.3. The van der Waals surface area contributed by atoms with Crippen LogP contribution in [0.2, 0.25) is 0 Å². The highest BCUT2D eigenvalue weighted by atomic mass is 19.4. The number of hydrogen-bond acceptors (Lipinski definition) is 4. The predicted octanol–water partition coefficient (Wildman–Crippen LogP) is 2.87. The Balaban J connectivity index is 2.44. The van der Waals surface area contributed by atoms with Gasteiger partial charge in [-0.15, -0.1) is 0 Å². The zero-order chi connectivity index (χ0) is 15.6. The van der Waals surface area contributed by atoms with E-state index in [4.69, 9.17) is 4.74 Å². The highest BCUT2D eigenvalue weighted by Crippen LogP contribution is 2.32. The Morgan fingerprint density at radius 2 is 1.90 bits per heavy atom. The van der Waals surface area contributed by atoms with E-state index < -0.39 is 23.3 Å². The van der Waals surface area contributed by atoms with Crippen molar-refractivity contribution >= 4 is 5.78 Å². The molecule has 21 heavy (non-hydrogen) atoms. The molecule has 4 nitrogen and oxygen atoms in total. The van der Waals surface area contributed by atoms with Gasteiger partial charge in [0.05, 0.1) is 12.7 Å². The van der Waals surface area contributed by atoms with Crippen molar-refractivity contribution in [2.45, 2.75) is 6.18 Å². The number of aromatic nitrogens is 2. The summed E-state index contributed by atoms with van der Waals surface area (Å²) in [5.41, 5.74) is -1.99. The van der Waals surface area contributed by atoms with Crippen LogP contribution in [0.5, 0.6) is 5.88 Å². The lowest BCUT2D eigenvalue weighted by Crippen LogP contribution is -2.11. The Hall–Kier alpha value is -2.51. The van der Waals surface area contributed by atoms with Gasteiger partial charge in [0.2, 0.25) is 11.7 Å². The number of benzene rings is 1. The standard InChI is InChI=1S/C13H8F4N2O2/c1-21-11-5-10(18-6-19-11)12(20)7-2-3-9(14)8(4-7)13(15,16)17/h2-6H,1H3. The molecular formula is C13H8F4N2O2. The van der Waals surface area contributed by atoms with Crippen LogP contribution in [0, 0.1) is 5.82 Å². The quantitative estimate of drug-likeness (QED) is 0.646. The molecule has 1 aromatic carbocycles. The van der Waals surface area contributed by atoms with Gasteiger partial charge in [-0.2, -0.15) is 13.2 Å². The molecule has 0 saturated carbocycles. The molecule has 2 rings (SSSR count). The molecule has 0 aliphatic carbocycles. The van der Waals surface area contributed by atoms with E-state index in [9.17, 15) is 22.4 Å². The van der Waals surface area contributed by atoms with Crippen LogP contribution in [0.1, 0.15) is 21.6 Å². The van der Waals surface area contributed by atoms with E-state index in [1.807, 2.05) is 0 Å². The van der Waals surface area contributed by atoms with Gasteiger partial charge in [0.25, 0.3) is 0 Å². The summed E-state index contributed by atoms with van der Waals surface area (Å²) in [6, 6.07) is 3.18. The summed E-state index contributed by atoms with van der Waals surface area (Å²) < 4.78 is 55.8. The summed E-state index contributed by atoms with van der Waals surface area (Å²) in [5, 5.41) is 0. The van der Waals surface area contributed by atoms with Crippen LogP contribution < -0.4 is 4.74 Å². The molecule has 0 saturated heterocycles. The van der Waals surface area contributed by atoms with Crippen LogP contribution in [-0.4, -0.2) is 22.9 Å². The molecule has 0 amide bonds. The fourth-order valence-corrected chi connectivity index (χ4v) is 1.61. The Labute approximate surface area is 116 Å². The molecule has 0 bridgehead atoms. The van der Waals surface area contributed by atoms with E-state index in [0.717, 1.165) is 12.4 Å². The SMILES string of the molecule is COc1cc(C(=O)c2ccc(F)c(C(F)(F)F)c2)ncn1. The lowest BCUT2D eigenvalue weighted by Gasteiger charge is -2.09. The Bertz CT molecular complexity index is 686. The largest absolute Gasteiger partial charge is 0.481 e. The van der Waals surface area contributed by atoms with E-state index in [0.29, 0.717) is 12.1 Å². The summed E-state index contributed by atoms with van der Waals surface area (Å²) >= 11 is 0. The average molecular weight is 300 g/mol. The number of methoxy groups -OCH3 is 1. The highest BCUT2D eigenvalue weighted by Gasteiger charge is 2.34. The molecule has 110 valence electrons. The number of ketones is 1. The average Bonchev–Trinajstić information content (AvgIpc) is 2.46. The van der Waals surface area contributed by atoms with Gasteiger partial charge in [-0.05, 0) is 18.2 Å². The summed E-state index contributed by atoms with van der Waals surface area (Å²) in [6.45, 7) is 0. The van der Waals surface area contributed by atoms with Crippen LogP contribution in [0.25, 0.3) is 0 Å². The van der Waals surface area contributed by atoms with E-state index >= 15 is 0 Å². The maximum atomic E-state index is 13.2. The minimum Gasteiger partial charge on any atom is -0.481 e. The molecule has 1 heterocycles. The van der Waals surface area contributed by atoms with Gasteiger partial charge in [0, 0.05) is 11.6 Å². The fourth-order valence-electron chi connectivity index (χ4n) is 1.61. The second kappa shape index (κ2) is 5.47. The van der Waals surface area contributed by atoms with Gasteiger partial charge in [0.1, 0.15) is 17.8 Å². The third-order valence-corrected chi connectivity index (χ3v) is 2.62. The highest BCUT2D eigenvalue weighted by molar-refractivity contribution is 6.07. The summed E-state index contributed by atoms with van der Waals surface area (Å²) in [7, 11) is 1.32. The molecule has 1 aromatic heterocycles. The molecule has 8 heteroatoms. The lowest BCUT2D eigenvalue weighted by atomic mass is 10.0. The second-order valence-electron chi connectivity index (χ2n) is 3.97. The summed E-state index contributed by atoms with van der Waals surface area (Å²) in [5.74, 6) is -2.15. The molecule has 0 aliphatic rings. The number of carbonyl (C=O) groups is 1. The van der Waals surface area contributed by atoms with Gasteiger partial charge in [-0.1, -0.05) is 0 Å². The molecule has 0 radical (unpaired) electrons. The Kier molecular flexibility index (Phi) is 3.88. The molecule has 0 atom stereocenters. The van der Waals surface area contributed by atoms with Crippen LogP contribution >= 0.6 is 0 Å². The van der Waals surface area contributed by atoms with Crippen LogP contribution in [0.3, 0.4) is 0 Å². The minimum atomic E-state index is -4.89. The van der Waals surface area contributed by atoms with Gasteiger partial charge < -0.3 is 4.74 Å². The minimum absolute atomic E-state index is 0.0894. The number of carbonyl (C=O) groups excluding carboxylic acids is 1. The number of nitrogens with zero attached hydrogens (tertiary/aromatic N) is 2. The third kappa shape index (κ3) is 3.15. The van der Waals surface area contributed by atoms with Crippen molar-refractivity contribution in [1.29, 1.82) is 0 Å². The van der Waals surface area contributed by atoms with Crippen molar-refractivity contribution in [3.63, 3.8) is 0 Å². The molecule has 0 N–H and O–H groups in total. The van der Waals surface area contributed by atoms with E-state index in [1.165, 1.54) is 13.2 Å². The Morgan fingerprint density at radius 3 is 2.52 bits per heavy atom. The first kappa shape index (κ1) is 14.9. The molecule has 0 aliphatic heterocycles. The van der Waals surface area contributed by atoms with Gasteiger partial charge >= 0.3 is 6.18 Å². The molecule has 0 spiro atoms. The predicted molar refractivity (Wildman–Crippen MR) is 63.4 cm³/mol. The van der Waals surface area contributed by atoms with Crippen molar-refractivity contribution in [3.05, 3.63) is 53.2 Å². The molecular weight excluding hydrogens is 292 g/mol. The number of alkyl halides is 3. The number of halogens is 4. The number of hydrogen-bond donors (Lipinski definition) is 0. The van der Waals surface area contributed by atoms with Crippen molar-refractivity contribution in [2.75, 3.05) is 7.11 Å². The molecule has 0 unspecified atom stereocenters. The maximum absolute atomic E-state index is 13.2. The first-order valence-electron chi connectivity index (χ1n) is 5.60. The van der Waals surface area contributed by atoms with E-state index in [2.05, 4.69) is 9.97 Å². The fraction of sp³-hybridized carbons (Fsp3) is 0.154. The maximum Gasteiger partial charge on any atom is 0.419 e. The van der Waals surface area contributed by atoms with Gasteiger partial charge in [-0.3, -0.25) is 4.79 Å². The van der Waals surface area contributed by atoms with Crippen molar-refractivity contribution in [1.82, 2.24) is 9.97 Å². The molecule has 2 aromatic rings. The summed E-state index contributed by atoms with van der Waals surface area (Å²) in [4.78, 5) is 19.4. The van der Waals surface area contributed by atoms with Crippen LogP contribution in [0.15, 0.2) is 30.6 Å². The first-order chi connectivity index (χ1) is 9.82. The van der Waals surface area contributed by atoms with Crippen LogP contribution in [-0.2, 0) is 6.18 Å². The van der Waals surface area contributed by atoms with Gasteiger partial charge in [-0.25, -0.2) is 14.4 Å². The summed E-state index contributed by atoms with van der Waals surface area (Å²) in [6.07, 6.45) is -3.84. The first-order valence-corrected chi connectivity index (χ1v) is 5.60. The second-order valence-corrected chi connectivity index (χ2v) is 3.97. The van der Waals surface area contributed by atoms with Crippen molar-refractivity contribution in [3.8, 4) is 5.88 Å². The van der Waals surface area contributed by atoms with Gasteiger partial charge in [0.15, 0.2) is 0 Å². The zero-order valence-corrected chi connectivity index (χ0v) is 10.6. The van der Waals surface area contributed by atoms with E-state index in [-0.39, 0.29) is 17.1 Å². The molecule has 0 fully saturated rings. The van der Waals surface area contributed by atoms with Crippen LogP contribution in [0.4, 0.5) is 17.6 Å². The van der Waals surface area contributed by atoms with E-state index in [1.54, 1.807) is 0 Å².